The fraction of sp³-hybridized carbons (Fsp3) is 0.538. The summed E-state index contributed by atoms with van der Waals surface area (Å²) in [5.41, 5.74) is 2.54. The highest BCUT2D eigenvalue weighted by atomic mass is 32.1. The summed E-state index contributed by atoms with van der Waals surface area (Å²) in [6.07, 6.45) is 3.36. The van der Waals surface area contributed by atoms with E-state index in [2.05, 4.69) is 40.1 Å². The zero-order valence-corrected chi connectivity index (χ0v) is 12.5. The average molecular weight is 281 g/mol. The maximum Gasteiger partial charge on any atom is 0.148 e. The zero-order valence-electron chi connectivity index (χ0n) is 10.9. The topological polar surface area (TPSA) is 37.8 Å². The Morgan fingerprint density at radius 2 is 2.11 bits per heavy atom. The van der Waals surface area contributed by atoms with Gasteiger partial charge in [-0.25, -0.2) is 0 Å². The SMILES string of the molecule is CCCNCCCc1nnc(-c2cscc2C)s1. The molecule has 0 atom stereocenters. The summed E-state index contributed by atoms with van der Waals surface area (Å²) in [4.78, 5) is 0. The van der Waals surface area contributed by atoms with Gasteiger partial charge in [0, 0.05) is 17.4 Å². The van der Waals surface area contributed by atoms with Crippen LogP contribution in [0, 0.1) is 6.92 Å². The molecule has 2 heterocycles. The largest absolute Gasteiger partial charge is 0.317 e. The molecule has 0 radical (unpaired) electrons. The van der Waals surface area contributed by atoms with Crippen molar-refractivity contribution in [1.82, 2.24) is 15.5 Å². The highest BCUT2D eigenvalue weighted by Crippen LogP contribution is 2.29. The third-order valence-corrected chi connectivity index (χ3v) is 4.60. The van der Waals surface area contributed by atoms with Gasteiger partial charge in [-0.3, -0.25) is 0 Å². The number of nitrogens with zero attached hydrogens (tertiary/aromatic N) is 2. The molecule has 2 rings (SSSR count). The normalized spacial score (nSPS) is 11.0. The fourth-order valence-electron chi connectivity index (χ4n) is 1.71. The summed E-state index contributed by atoms with van der Waals surface area (Å²) in [6.45, 7) is 6.49. The Morgan fingerprint density at radius 1 is 1.22 bits per heavy atom. The molecular weight excluding hydrogens is 262 g/mol. The minimum atomic E-state index is 1.03. The van der Waals surface area contributed by atoms with Crippen molar-refractivity contribution in [1.29, 1.82) is 0 Å². The molecule has 2 aromatic heterocycles. The summed E-state index contributed by atoms with van der Waals surface area (Å²) >= 11 is 3.45. The smallest absolute Gasteiger partial charge is 0.148 e. The Morgan fingerprint density at radius 3 is 2.83 bits per heavy atom. The Balaban J connectivity index is 1.85. The zero-order chi connectivity index (χ0) is 12.8. The van der Waals surface area contributed by atoms with Crippen molar-refractivity contribution in [3.05, 3.63) is 21.3 Å². The van der Waals surface area contributed by atoms with Gasteiger partial charge in [-0.15, -0.1) is 10.2 Å². The predicted octanol–water partition coefficient (Wildman–Crippen LogP) is 3.51. The van der Waals surface area contributed by atoms with E-state index in [1.807, 2.05) is 0 Å². The van der Waals surface area contributed by atoms with Crippen molar-refractivity contribution >= 4 is 22.7 Å². The number of hydrogen-bond acceptors (Lipinski definition) is 5. The van der Waals surface area contributed by atoms with Crippen molar-refractivity contribution in [2.24, 2.45) is 0 Å². The highest BCUT2D eigenvalue weighted by molar-refractivity contribution is 7.15. The molecule has 18 heavy (non-hydrogen) atoms. The minimum absolute atomic E-state index is 1.03. The second-order valence-corrected chi connectivity index (χ2v) is 6.13. The third kappa shape index (κ3) is 3.60. The first-order valence-corrected chi connectivity index (χ1v) is 8.13. The lowest BCUT2D eigenvalue weighted by Gasteiger charge is -1.99. The Hall–Kier alpha value is -0.780. The van der Waals surface area contributed by atoms with Crippen LogP contribution in [0.15, 0.2) is 10.8 Å². The molecule has 0 amide bonds. The summed E-state index contributed by atoms with van der Waals surface area (Å²) < 4.78 is 0. The molecule has 0 spiro atoms. The molecule has 5 heteroatoms. The molecule has 0 aliphatic carbocycles. The predicted molar refractivity (Wildman–Crippen MR) is 79.4 cm³/mol. The minimum Gasteiger partial charge on any atom is -0.317 e. The number of aryl methyl sites for hydroxylation is 2. The van der Waals surface area contributed by atoms with E-state index >= 15 is 0 Å². The molecule has 0 bridgehead atoms. The highest BCUT2D eigenvalue weighted by Gasteiger charge is 2.09. The number of aromatic nitrogens is 2. The van der Waals surface area contributed by atoms with Gasteiger partial charge < -0.3 is 5.32 Å². The first kappa shape index (κ1) is 13.6. The standard InChI is InChI=1S/C13H19N3S2/c1-3-6-14-7-4-5-12-15-16-13(18-12)11-9-17-8-10(11)2/h8-9,14H,3-7H2,1-2H3. The molecular formula is C13H19N3S2. The Bertz CT molecular complexity index is 476. The lowest BCUT2D eigenvalue weighted by atomic mass is 10.2. The van der Waals surface area contributed by atoms with Crippen molar-refractivity contribution in [2.45, 2.75) is 33.1 Å². The maximum atomic E-state index is 4.29. The van der Waals surface area contributed by atoms with E-state index in [0.717, 1.165) is 35.9 Å². The van der Waals surface area contributed by atoms with Crippen molar-refractivity contribution in [2.75, 3.05) is 13.1 Å². The lowest BCUT2D eigenvalue weighted by Crippen LogP contribution is -2.16. The van der Waals surface area contributed by atoms with Gasteiger partial charge in [0.15, 0.2) is 0 Å². The summed E-state index contributed by atoms with van der Waals surface area (Å²) in [6, 6.07) is 0. The summed E-state index contributed by atoms with van der Waals surface area (Å²) in [5, 5.41) is 18.5. The van der Waals surface area contributed by atoms with Gasteiger partial charge in [0.25, 0.3) is 0 Å². The lowest BCUT2D eigenvalue weighted by molar-refractivity contribution is 0.637. The van der Waals surface area contributed by atoms with E-state index in [9.17, 15) is 0 Å². The van der Waals surface area contributed by atoms with Gasteiger partial charge in [0.05, 0.1) is 0 Å². The molecule has 0 saturated carbocycles. The van der Waals surface area contributed by atoms with Crippen molar-refractivity contribution in [3.63, 3.8) is 0 Å². The van der Waals surface area contributed by atoms with Crippen LogP contribution in [0.25, 0.3) is 10.6 Å². The van der Waals surface area contributed by atoms with Gasteiger partial charge in [-0.2, -0.15) is 11.3 Å². The van der Waals surface area contributed by atoms with Gasteiger partial charge in [0.1, 0.15) is 10.0 Å². The van der Waals surface area contributed by atoms with Crippen LogP contribution in [0.2, 0.25) is 0 Å². The molecule has 3 nitrogen and oxygen atoms in total. The molecule has 0 aromatic carbocycles. The van der Waals surface area contributed by atoms with E-state index in [4.69, 9.17) is 0 Å². The Labute approximate surface area is 116 Å². The van der Waals surface area contributed by atoms with Crippen LogP contribution in [-0.4, -0.2) is 23.3 Å². The number of nitrogens with one attached hydrogen (secondary N) is 1. The van der Waals surface area contributed by atoms with E-state index in [1.165, 1.54) is 17.5 Å². The second kappa shape index (κ2) is 6.97. The van der Waals surface area contributed by atoms with Crippen molar-refractivity contribution in [3.8, 4) is 10.6 Å². The van der Waals surface area contributed by atoms with Gasteiger partial charge in [-0.1, -0.05) is 18.3 Å². The second-order valence-electron chi connectivity index (χ2n) is 4.32. The monoisotopic (exact) mass is 281 g/mol. The van der Waals surface area contributed by atoms with E-state index < -0.39 is 0 Å². The van der Waals surface area contributed by atoms with Crippen LogP contribution in [0.5, 0.6) is 0 Å². The van der Waals surface area contributed by atoms with Gasteiger partial charge >= 0.3 is 0 Å². The molecule has 0 unspecified atom stereocenters. The molecule has 0 aliphatic heterocycles. The van der Waals surface area contributed by atoms with Crippen LogP contribution in [-0.2, 0) is 6.42 Å². The molecule has 98 valence electrons. The van der Waals surface area contributed by atoms with Crippen LogP contribution < -0.4 is 5.32 Å². The number of rotatable bonds is 7. The third-order valence-electron chi connectivity index (χ3n) is 2.72. The quantitative estimate of drug-likeness (QED) is 0.789. The van der Waals surface area contributed by atoms with E-state index in [1.54, 1.807) is 22.7 Å². The van der Waals surface area contributed by atoms with Crippen LogP contribution >= 0.6 is 22.7 Å². The molecule has 2 aromatic rings. The average Bonchev–Trinajstić information content (AvgIpc) is 2.97. The maximum absolute atomic E-state index is 4.29. The molecule has 1 N–H and O–H groups in total. The van der Waals surface area contributed by atoms with Gasteiger partial charge in [-0.05, 0) is 43.8 Å². The first-order valence-electron chi connectivity index (χ1n) is 6.37. The number of thiophene rings is 1. The van der Waals surface area contributed by atoms with E-state index in [0.29, 0.717) is 0 Å². The van der Waals surface area contributed by atoms with Gasteiger partial charge in [0.2, 0.25) is 0 Å². The van der Waals surface area contributed by atoms with E-state index in [-0.39, 0.29) is 0 Å². The first-order chi connectivity index (χ1) is 8.81. The van der Waals surface area contributed by atoms with Crippen LogP contribution in [0.3, 0.4) is 0 Å². The fourth-order valence-corrected chi connectivity index (χ4v) is 3.58. The summed E-state index contributed by atoms with van der Waals surface area (Å²) in [5.74, 6) is 0. The Kier molecular flexibility index (Phi) is 5.28. The van der Waals surface area contributed by atoms with Crippen LogP contribution in [0.4, 0.5) is 0 Å². The summed E-state index contributed by atoms with van der Waals surface area (Å²) in [7, 11) is 0. The van der Waals surface area contributed by atoms with Crippen LogP contribution in [0.1, 0.15) is 30.3 Å². The molecule has 0 saturated heterocycles. The van der Waals surface area contributed by atoms with Crippen molar-refractivity contribution < 1.29 is 0 Å². The number of hydrogen-bond donors (Lipinski definition) is 1. The molecule has 0 fully saturated rings. The molecule has 0 aliphatic rings.